The molecule has 1 aliphatic carbocycles. The minimum atomic E-state index is -0.819. The van der Waals surface area contributed by atoms with Gasteiger partial charge in [-0.1, -0.05) is 11.6 Å². The second-order valence-corrected chi connectivity index (χ2v) is 7.42. The van der Waals surface area contributed by atoms with Crippen molar-refractivity contribution in [2.45, 2.75) is 39.0 Å². The molecule has 0 radical (unpaired) electrons. The van der Waals surface area contributed by atoms with Gasteiger partial charge in [0.15, 0.2) is 0 Å². The maximum atomic E-state index is 13.2. The highest BCUT2D eigenvalue weighted by Gasteiger charge is 2.33. The summed E-state index contributed by atoms with van der Waals surface area (Å²) in [5.41, 5.74) is 4.75. The van der Waals surface area contributed by atoms with Crippen LogP contribution in [0.25, 0.3) is 10.9 Å². The van der Waals surface area contributed by atoms with Crippen molar-refractivity contribution in [1.82, 2.24) is 9.88 Å². The molecule has 4 rings (SSSR count). The summed E-state index contributed by atoms with van der Waals surface area (Å²) in [4.78, 5) is 30.9. The van der Waals surface area contributed by atoms with E-state index < -0.39 is 11.9 Å². The highest BCUT2D eigenvalue weighted by Crippen LogP contribution is 2.41. The molecule has 1 saturated heterocycles. The van der Waals surface area contributed by atoms with Crippen molar-refractivity contribution in [2.24, 2.45) is 5.92 Å². The summed E-state index contributed by atoms with van der Waals surface area (Å²) in [6.45, 7) is 4.85. The third-order valence-corrected chi connectivity index (χ3v) is 5.32. The van der Waals surface area contributed by atoms with Crippen LogP contribution < -0.4 is 0 Å². The van der Waals surface area contributed by atoms with E-state index in [0.29, 0.717) is 31.0 Å². The van der Waals surface area contributed by atoms with Gasteiger partial charge >= 0.3 is 5.97 Å². The van der Waals surface area contributed by atoms with E-state index in [1.54, 1.807) is 4.90 Å². The summed E-state index contributed by atoms with van der Waals surface area (Å²) in [7, 11) is 0. The SMILES string of the molecule is Cc1cc(C)c2nc(C3CC3)cc(C(=O)N3CC[C@@H](C(=O)O)C3)c2c1. The third kappa shape index (κ3) is 2.88. The molecule has 25 heavy (non-hydrogen) atoms. The molecule has 2 aromatic rings. The van der Waals surface area contributed by atoms with Crippen molar-refractivity contribution in [2.75, 3.05) is 13.1 Å². The molecule has 2 aliphatic rings. The number of carbonyl (C=O) groups excluding carboxylic acids is 1. The van der Waals surface area contributed by atoms with Gasteiger partial charge in [0.1, 0.15) is 0 Å². The van der Waals surface area contributed by atoms with Crippen molar-refractivity contribution in [3.8, 4) is 0 Å². The van der Waals surface area contributed by atoms with Crippen molar-refractivity contribution in [3.05, 3.63) is 40.6 Å². The van der Waals surface area contributed by atoms with E-state index in [2.05, 4.69) is 6.07 Å². The number of nitrogens with zero attached hydrogens (tertiary/aromatic N) is 2. The lowest BCUT2D eigenvalue weighted by Crippen LogP contribution is -2.30. The number of aliphatic carboxylic acids is 1. The molecule has 5 heteroatoms. The first-order chi connectivity index (χ1) is 11.9. The van der Waals surface area contributed by atoms with E-state index in [1.807, 2.05) is 26.0 Å². The summed E-state index contributed by atoms with van der Waals surface area (Å²) in [6.07, 6.45) is 2.78. The van der Waals surface area contributed by atoms with Crippen LogP contribution in [-0.4, -0.2) is 40.0 Å². The zero-order chi connectivity index (χ0) is 17.7. The van der Waals surface area contributed by atoms with E-state index in [1.165, 1.54) is 0 Å². The lowest BCUT2D eigenvalue weighted by molar-refractivity contribution is -0.141. The molecule has 0 unspecified atom stereocenters. The van der Waals surface area contributed by atoms with Crippen molar-refractivity contribution in [3.63, 3.8) is 0 Å². The molecule has 130 valence electrons. The monoisotopic (exact) mass is 338 g/mol. The number of carboxylic acids is 1. The highest BCUT2D eigenvalue weighted by molar-refractivity contribution is 6.07. The zero-order valence-corrected chi connectivity index (χ0v) is 14.6. The van der Waals surface area contributed by atoms with Gasteiger partial charge in [-0.2, -0.15) is 0 Å². The number of aromatic nitrogens is 1. The molecule has 1 aromatic carbocycles. The molecular formula is C20H22N2O3. The number of rotatable bonds is 3. The lowest BCUT2D eigenvalue weighted by Gasteiger charge is -2.18. The van der Waals surface area contributed by atoms with Crippen molar-refractivity contribution >= 4 is 22.8 Å². The predicted octanol–water partition coefficient (Wildman–Crippen LogP) is 3.28. The summed E-state index contributed by atoms with van der Waals surface area (Å²) in [5.74, 6) is -0.881. The zero-order valence-electron chi connectivity index (χ0n) is 14.6. The molecule has 0 spiro atoms. The normalized spacial score (nSPS) is 20.2. The van der Waals surface area contributed by atoms with E-state index in [9.17, 15) is 14.7 Å². The van der Waals surface area contributed by atoms with E-state index in [0.717, 1.165) is 40.6 Å². The fraction of sp³-hybridized carbons (Fsp3) is 0.450. The van der Waals surface area contributed by atoms with Gasteiger partial charge in [0, 0.05) is 30.1 Å². The van der Waals surface area contributed by atoms with E-state index >= 15 is 0 Å². The van der Waals surface area contributed by atoms with Crippen LogP contribution in [0.2, 0.25) is 0 Å². The molecule has 1 saturated carbocycles. The Balaban J connectivity index is 1.80. The predicted molar refractivity (Wildman–Crippen MR) is 94.8 cm³/mol. The van der Waals surface area contributed by atoms with E-state index in [-0.39, 0.29) is 5.91 Å². The number of fused-ring (bicyclic) bond motifs is 1. The summed E-state index contributed by atoms with van der Waals surface area (Å²) < 4.78 is 0. The summed E-state index contributed by atoms with van der Waals surface area (Å²) >= 11 is 0. The summed E-state index contributed by atoms with van der Waals surface area (Å²) in [5, 5.41) is 10.1. The quantitative estimate of drug-likeness (QED) is 0.932. The average Bonchev–Trinajstić information content (AvgIpc) is 3.29. The van der Waals surface area contributed by atoms with Crippen LogP contribution in [0.1, 0.15) is 52.4 Å². The Bertz CT molecular complexity index is 886. The largest absolute Gasteiger partial charge is 0.481 e. The average molecular weight is 338 g/mol. The number of likely N-dealkylation sites (tertiary alicyclic amines) is 1. The summed E-state index contributed by atoms with van der Waals surface area (Å²) in [6, 6.07) is 6.05. The number of pyridine rings is 1. The second-order valence-electron chi connectivity index (χ2n) is 7.42. The Morgan fingerprint density at radius 2 is 1.92 bits per heavy atom. The second kappa shape index (κ2) is 5.83. The van der Waals surface area contributed by atoms with Crippen LogP contribution in [0, 0.1) is 19.8 Å². The van der Waals surface area contributed by atoms with E-state index in [4.69, 9.17) is 4.98 Å². The Kier molecular flexibility index (Phi) is 3.74. The molecule has 1 atom stereocenters. The Hall–Kier alpha value is -2.43. The first-order valence-corrected chi connectivity index (χ1v) is 8.88. The van der Waals surface area contributed by atoms with Crippen LogP contribution in [0.4, 0.5) is 0 Å². The fourth-order valence-corrected chi connectivity index (χ4v) is 3.78. The number of carbonyl (C=O) groups is 2. The number of benzene rings is 1. The maximum Gasteiger partial charge on any atom is 0.308 e. The van der Waals surface area contributed by atoms with Crippen LogP contribution in [0.15, 0.2) is 18.2 Å². The molecule has 0 bridgehead atoms. The number of aryl methyl sites for hydroxylation is 2. The van der Waals surface area contributed by atoms with Gasteiger partial charge in [-0.05, 0) is 50.8 Å². The Morgan fingerprint density at radius 3 is 2.56 bits per heavy atom. The molecule has 5 nitrogen and oxygen atoms in total. The van der Waals surface area contributed by atoms with Gasteiger partial charge in [0.05, 0.1) is 17.0 Å². The number of hydrogen-bond donors (Lipinski definition) is 1. The van der Waals surface area contributed by atoms with Gasteiger partial charge in [0.25, 0.3) is 5.91 Å². The molecule has 2 heterocycles. The number of amides is 1. The molecular weight excluding hydrogens is 316 g/mol. The van der Waals surface area contributed by atoms with Crippen LogP contribution in [0.3, 0.4) is 0 Å². The Labute approximate surface area is 146 Å². The minimum absolute atomic E-state index is 0.0666. The molecule has 2 fully saturated rings. The smallest absolute Gasteiger partial charge is 0.308 e. The number of carboxylic acid groups (broad SMARTS) is 1. The minimum Gasteiger partial charge on any atom is -0.481 e. The van der Waals surface area contributed by atoms with Crippen LogP contribution >= 0.6 is 0 Å². The number of hydrogen-bond acceptors (Lipinski definition) is 3. The van der Waals surface area contributed by atoms with Crippen molar-refractivity contribution < 1.29 is 14.7 Å². The van der Waals surface area contributed by atoms with Gasteiger partial charge < -0.3 is 10.0 Å². The molecule has 1 aromatic heterocycles. The Morgan fingerprint density at radius 1 is 1.16 bits per heavy atom. The highest BCUT2D eigenvalue weighted by atomic mass is 16.4. The van der Waals surface area contributed by atoms with Gasteiger partial charge in [-0.3, -0.25) is 14.6 Å². The van der Waals surface area contributed by atoms with Gasteiger partial charge in [-0.25, -0.2) is 0 Å². The fourth-order valence-electron chi connectivity index (χ4n) is 3.78. The van der Waals surface area contributed by atoms with Crippen molar-refractivity contribution in [1.29, 1.82) is 0 Å². The maximum absolute atomic E-state index is 13.2. The first kappa shape index (κ1) is 16.1. The molecule has 1 aliphatic heterocycles. The van der Waals surface area contributed by atoms with Crippen LogP contribution in [0.5, 0.6) is 0 Å². The van der Waals surface area contributed by atoms with Crippen LogP contribution in [-0.2, 0) is 4.79 Å². The topological polar surface area (TPSA) is 70.5 Å². The lowest BCUT2D eigenvalue weighted by atomic mass is 10.00. The van der Waals surface area contributed by atoms with Gasteiger partial charge in [-0.15, -0.1) is 0 Å². The molecule has 1 amide bonds. The third-order valence-electron chi connectivity index (χ3n) is 5.32. The molecule has 1 N–H and O–H groups in total. The standard InChI is InChI=1S/C20H22N2O3/c1-11-7-12(2)18-15(8-11)16(9-17(21-18)13-3-4-13)19(23)22-6-5-14(10-22)20(24)25/h7-9,13-14H,3-6,10H2,1-2H3,(H,24,25)/t14-/m1/s1. The first-order valence-electron chi connectivity index (χ1n) is 8.88. The van der Waals surface area contributed by atoms with Gasteiger partial charge in [0.2, 0.25) is 0 Å².